The van der Waals surface area contributed by atoms with E-state index in [2.05, 4.69) is 4.90 Å². The Morgan fingerprint density at radius 2 is 1.75 bits per heavy atom. The van der Waals surface area contributed by atoms with Gasteiger partial charge in [0.2, 0.25) is 10.0 Å². The molecule has 0 amide bonds. The predicted octanol–water partition coefficient (Wildman–Crippen LogP) is 1.46. The second-order valence-electron chi connectivity index (χ2n) is 5.97. The number of benzene rings is 1. The fourth-order valence-corrected chi connectivity index (χ4v) is 4.40. The van der Waals surface area contributed by atoms with Crippen LogP contribution in [0.25, 0.3) is 0 Å². The van der Waals surface area contributed by atoms with Gasteiger partial charge in [0.15, 0.2) is 0 Å². The van der Waals surface area contributed by atoms with Crippen molar-refractivity contribution in [3.63, 3.8) is 0 Å². The second-order valence-corrected chi connectivity index (χ2v) is 7.94. The number of hydrogen-bond donors (Lipinski definition) is 1. The Hall–Kier alpha value is -1.67. The van der Waals surface area contributed by atoms with E-state index in [4.69, 9.17) is 4.42 Å². The number of rotatable bonds is 6. The molecule has 1 aliphatic heterocycles. The lowest BCUT2D eigenvalue weighted by Crippen LogP contribution is -2.49. The average molecular weight is 350 g/mol. The lowest BCUT2D eigenvalue weighted by molar-refractivity contribution is 0.0776. The molecule has 0 saturated carbocycles. The summed E-state index contributed by atoms with van der Waals surface area (Å²) in [6, 6.07) is 12.7. The largest absolute Gasteiger partial charge is 0.467 e. The SMILES string of the molecule is O=S(=O)(Cc1ccccc1)N1CCN(CC(O)c2ccco2)CC1. The quantitative estimate of drug-likeness (QED) is 0.854. The van der Waals surface area contributed by atoms with Crippen molar-refractivity contribution in [2.24, 2.45) is 0 Å². The minimum atomic E-state index is -3.31. The molecule has 1 aromatic carbocycles. The highest BCUT2D eigenvalue weighted by Crippen LogP contribution is 2.18. The van der Waals surface area contributed by atoms with Crippen molar-refractivity contribution < 1.29 is 17.9 Å². The highest BCUT2D eigenvalue weighted by atomic mass is 32.2. The number of furan rings is 1. The lowest BCUT2D eigenvalue weighted by Gasteiger charge is -2.34. The molecule has 6 nitrogen and oxygen atoms in total. The van der Waals surface area contributed by atoms with E-state index in [1.807, 2.05) is 30.3 Å². The van der Waals surface area contributed by atoms with Crippen molar-refractivity contribution in [2.75, 3.05) is 32.7 Å². The Balaban J connectivity index is 1.53. The predicted molar refractivity (Wildman–Crippen MR) is 90.7 cm³/mol. The van der Waals surface area contributed by atoms with Crippen LogP contribution in [0.4, 0.5) is 0 Å². The normalized spacial score (nSPS) is 18.5. The van der Waals surface area contributed by atoms with E-state index in [0.29, 0.717) is 38.5 Å². The van der Waals surface area contributed by atoms with Gasteiger partial charge in [-0.1, -0.05) is 30.3 Å². The lowest BCUT2D eigenvalue weighted by atomic mass is 10.2. The smallest absolute Gasteiger partial charge is 0.218 e. The number of β-amino-alcohol motifs (C(OH)–C–C–N with tert-alkyl or cyclic N) is 1. The molecular formula is C17H22N2O4S. The van der Waals surface area contributed by atoms with Crippen molar-refractivity contribution in [1.29, 1.82) is 0 Å². The third-order valence-corrected chi connectivity index (χ3v) is 6.07. The Morgan fingerprint density at radius 1 is 1.04 bits per heavy atom. The zero-order valence-corrected chi connectivity index (χ0v) is 14.2. The van der Waals surface area contributed by atoms with Gasteiger partial charge >= 0.3 is 0 Å². The monoisotopic (exact) mass is 350 g/mol. The van der Waals surface area contributed by atoms with Crippen LogP contribution in [0.15, 0.2) is 53.1 Å². The van der Waals surface area contributed by atoms with E-state index in [-0.39, 0.29) is 5.75 Å². The summed E-state index contributed by atoms with van der Waals surface area (Å²) in [4.78, 5) is 2.06. The number of nitrogens with zero attached hydrogens (tertiary/aromatic N) is 2. The van der Waals surface area contributed by atoms with Crippen LogP contribution in [0, 0.1) is 0 Å². The molecule has 24 heavy (non-hydrogen) atoms. The van der Waals surface area contributed by atoms with Gasteiger partial charge in [0.05, 0.1) is 12.0 Å². The van der Waals surface area contributed by atoms with Gasteiger partial charge in [0.25, 0.3) is 0 Å². The molecule has 2 heterocycles. The van der Waals surface area contributed by atoms with Gasteiger partial charge in [-0.25, -0.2) is 8.42 Å². The first-order valence-corrected chi connectivity index (χ1v) is 9.61. The van der Waals surface area contributed by atoms with Gasteiger partial charge in [-0.3, -0.25) is 4.90 Å². The summed E-state index contributed by atoms with van der Waals surface area (Å²) in [5.74, 6) is 0.567. The molecule has 1 unspecified atom stereocenters. The van der Waals surface area contributed by atoms with Crippen LogP contribution in [0.2, 0.25) is 0 Å². The van der Waals surface area contributed by atoms with Crippen LogP contribution in [0.3, 0.4) is 0 Å². The molecule has 1 N–H and O–H groups in total. The second kappa shape index (κ2) is 7.48. The Bertz CT molecular complexity index is 723. The topological polar surface area (TPSA) is 74.0 Å². The van der Waals surface area contributed by atoms with Crippen LogP contribution >= 0.6 is 0 Å². The molecule has 0 bridgehead atoms. The van der Waals surface area contributed by atoms with Gasteiger partial charge in [-0.05, 0) is 17.7 Å². The summed E-state index contributed by atoms with van der Waals surface area (Å²) in [6.45, 7) is 2.54. The number of hydrogen-bond acceptors (Lipinski definition) is 5. The molecule has 7 heteroatoms. The van der Waals surface area contributed by atoms with Gasteiger partial charge in [0, 0.05) is 32.7 Å². The van der Waals surface area contributed by atoms with Crippen molar-refractivity contribution in [2.45, 2.75) is 11.9 Å². The van der Waals surface area contributed by atoms with Crippen molar-refractivity contribution in [1.82, 2.24) is 9.21 Å². The summed E-state index contributed by atoms with van der Waals surface area (Å²) in [5.41, 5.74) is 0.799. The van der Waals surface area contributed by atoms with Crippen molar-refractivity contribution >= 4 is 10.0 Å². The first-order chi connectivity index (χ1) is 11.5. The fraction of sp³-hybridized carbons (Fsp3) is 0.412. The van der Waals surface area contributed by atoms with Crippen LogP contribution in [-0.4, -0.2) is 55.5 Å². The third-order valence-electron chi connectivity index (χ3n) is 4.22. The number of aliphatic hydroxyl groups is 1. The Morgan fingerprint density at radius 3 is 2.38 bits per heavy atom. The van der Waals surface area contributed by atoms with Crippen molar-refractivity contribution in [3.05, 3.63) is 60.1 Å². The molecule has 1 atom stereocenters. The summed E-state index contributed by atoms with van der Waals surface area (Å²) < 4.78 is 31.8. The van der Waals surface area contributed by atoms with E-state index in [1.54, 1.807) is 12.1 Å². The first-order valence-electron chi connectivity index (χ1n) is 8.00. The molecule has 1 saturated heterocycles. The van der Waals surface area contributed by atoms with E-state index in [9.17, 15) is 13.5 Å². The Kier molecular flexibility index (Phi) is 5.35. The van der Waals surface area contributed by atoms with Crippen LogP contribution in [0.1, 0.15) is 17.4 Å². The molecule has 3 rings (SSSR count). The summed E-state index contributed by atoms with van der Waals surface area (Å²) in [6.07, 6.45) is 0.847. The molecule has 130 valence electrons. The van der Waals surface area contributed by atoms with Crippen LogP contribution < -0.4 is 0 Å². The zero-order chi connectivity index (χ0) is 17.0. The highest BCUT2D eigenvalue weighted by molar-refractivity contribution is 7.88. The van der Waals surface area contributed by atoms with Gasteiger partial charge in [0.1, 0.15) is 11.9 Å². The maximum Gasteiger partial charge on any atom is 0.218 e. The van der Waals surface area contributed by atoms with E-state index >= 15 is 0 Å². The maximum absolute atomic E-state index is 12.5. The molecule has 1 aromatic heterocycles. The molecule has 0 radical (unpaired) electrons. The molecule has 1 aliphatic rings. The minimum absolute atomic E-state index is 0.0306. The fourth-order valence-electron chi connectivity index (χ4n) is 2.88. The molecule has 1 fully saturated rings. The number of aliphatic hydroxyl groups excluding tert-OH is 1. The van der Waals surface area contributed by atoms with E-state index < -0.39 is 16.1 Å². The van der Waals surface area contributed by atoms with Gasteiger partial charge in [-0.2, -0.15) is 4.31 Å². The first kappa shape index (κ1) is 17.2. The molecule has 0 aliphatic carbocycles. The maximum atomic E-state index is 12.5. The van der Waals surface area contributed by atoms with E-state index in [0.717, 1.165) is 5.56 Å². The van der Waals surface area contributed by atoms with Crippen LogP contribution in [-0.2, 0) is 15.8 Å². The highest BCUT2D eigenvalue weighted by Gasteiger charge is 2.28. The Labute approximate surface area is 142 Å². The summed E-state index contributed by atoms with van der Waals surface area (Å²) in [5, 5.41) is 10.1. The summed E-state index contributed by atoms with van der Waals surface area (Å²) in [7, 11) is -3.31. The van der Waals surface area contributed by atoms with Crippen molar-refractivity contribution in [3.8, 4) is 0 Å². The molecule has 2 aromatic rings. The zero-order valence-electron chi connectivity index (χ0n) is 13.4. The minimum Gasteiger partial charge on any atom is -0.467 e. The standard InChI is InChI=1S/C17H22N2O4S/c20-16(17-7-4-12-23-17)13-18-8-10-19(11-9-18)24(21,22)14-15-5-2-1-3-6-15/h1-7,12,16,20H,8-11,13-14H2. The van der Waals surface area contributed by atoms with Gasteiger partial charge in [-0.15, -0.1) is 0 Å². The van der Waals surface area contributed by atoms with Crippen LogP contribution in [0.5, 0.6) is 0 Å². The number of sulfonamides is 1. The summed E-state index contributed by atoms with van der Waals surface area (Å²) >= 11 is 0. The van der Waals surface area contributed by atoms with E-state index in [1.165, 1.54) is 10.6 Å². The average Bonchev–Trinajstić information content (AvgIpc) is 3.10. The third kappa shape index (κ3) is 4.24. The number of piperazine rings is 1. The van der Waals surface area contributed by atoms with Gasteiger partial charge < -0.3 is 9.52 Å². The molecular weight excluding hydrogens is 328 g/mol. The molecule has 0 spiro atoms.